The maximum atomic E-state index is 12.7. The Morgan fingerprint density at radius 2 is 1.62 bits per heavy atom. The van der Waals surface area contributed by atoms with Crippen molar-refractivity contribution in [2.45, 2.75) is 76.7 Å². The Bertz CT molecular complexity index is 357. The molecule has 0 atom stereocenters. The van der Waals surface area contributed by atoms with Gasteiger partial charge in [0.25, 0.3) is 0 Å². The number of hydrogen-bond acceptors (Lipinski definition) is 3. The fourth-order valence-electron chi connectivity index (χ4n) is 3.78. The predicted molar refractivity (Wildman–Crippen MR) is 83.2 cm³/mol. The minimum Gasteiger partial charge on any atom is -0.409 e. The molecule has 1 amide bonds. The summed E-state index contributed by atoms with van der Waals surface area (Å²) in [5.41, 5.74) is 5.64. The predicted octanol–water partition coefficient (Wildman–Crippen LogP) is 2.86. The van der Waals surface area contributed by atoms with Gasteiger partial charge in [-0.05, 0) is 31.6 Å². The Morgan fingerprint density at radius 1 is 1.05 bits per heavy atom. The van der Waals surface area contributed by atoms with Gasteiger partial charge in [0.1, 0.15) is 0 Å². The number of nitrogens with zero attached hydrogens (tertiary/aromatic N) is 2. The first kappa shape index (κ1) is 16.1. The molecule has 0 aliphatic heterocycles. The lowest BCUT2D eigenvalue weighted by atomic mass is 9.95. The van der Waals surface area contributed by atoms with Crippen LogP contribution in [0, 0.1) is 5.92 Å². The molecule has 0 aromatic heterocycles. The third kappa shape index (κ3) is 4.90. The zero-order chi connectivity index (χ0) is 15.1. The van der Waals surface area contributed by atoms with Crippen LogP contribution in [0.3, 0.4) is 0 Å². The van der Waals surface area contributed by atoms with Gasteiger partial charge in [0.15, 0.2) is 5.84 Å². The Morgan fingerprint density at radius 3 is 2.19 bits per heavy atom. The van der Waals surface area contributed by atoms with Crippen molar-refractivity contribution in [3.05, 3.63) is 0 Å². The molecule has 0 aromatic carbocycles. The number of rotatable bonds is 5. The molecule has 0 unspecified atom stereocenters. The van der Waals surface area contributed by atoms with Crippen LogP contribution >= 0.6 is 0 Å². The first-order chi connectivity index (χ1) is 10.2. The lowest BCUT2D eigenvalue weighted by Gasteiger charge is -2.30. The van der Waals surface area contributed by atoms with Crippen LogP contribution in [0.1, 0.15) is 70.6 Å². The second kappa shape index (κ2) is 8.25. The third-order valence-corrected chi connectivity index (χ3v) is 4.98. The summed E-state index contributed by atoms with van der Waals surface area (Å²) >= 11 is 0. The van der Waals surface area contributed by atoms with Crippen molar-refractivity contribution in [2.75, 3.05) is 6.54 Å². The molecule has 0 heterocycles. The van der Waals surface area contributed by atoms with Crippen LogP contribution in [0.2, 0.25) is 0 Å². The van der Waals surface area contributed by atoms with E-state index in [1.807, 2.05) is 4.90 Å². The second-order valence-corrected chi connectivity index (χ2v) is 6.61. The molecule has 5 heteroatoms. The summed E-state index contributed by atoms with van der Waals surface area (Å²) in [6.45, 7) is 0.271. The molecule has 2 saturated carbocycles. The minimum atomic E-state index is 0.135. The van der Waals surface area contributed by atoms with Crippen LogP contribution in [-0.2, 0) is 4.79 Å². The first-order valence-corrected chi connectivity index (χ1v) is 8.46. The fraction of sp³-hybridized carbons (Fsp3) is 0.875. The quantitative estimate of drug-likeness (QED) is 0.269. The SMILES string of the molecule is NC(CN(C(=O)CC1CCCCCC1)C1CCCC1)=NO. The smallest absolute Gasteiger partial charge is 0.223 e. The van der Waals surface area contributed by atoms with Gasteiger partial charge in [-0.3, -0.25) is 4.79 Å². The molecule has 5 nitrogen and oxygen atoms in total. The zero-order valence-electron chi connectivity index (χ0n) is 13.0. The van der Waals surface area contributed by atoms with Crippen molar-refractivity contribution >= 4 is 11.7 Å². The number of amidine groups is 1. The van der Waals surface area contributed by atoms with Gasteiger partial charge in [-0.2, -0.15) is 0 Å². The third-order valence-electron chi connectivity index (χ3n) is 4.98. The number of carbonyl (C=O) groups excluding carboxylic acids is 1. The molecule has 120 valence electrons. The molecular weight excluding hydrogens is 266 g/mol. The molecule has 0 spiro atoms. The second-order valence-electron chi connectivity index (χ2n) is 6.61. The van der Waals surface area contributed by atoms with Crippen molar-refractivity contribution < 1.29 is 10.0 Å². The van der Waals surface area contributed by atoms with Gasteiger partial charge in [-0.1, -0.05) is 43.7 Å². The van der Waals surface area contributed by atoms with Crippen LogP contribution in [0.25, 0.3) is 0 Å². The van der Waals surface area contributed by atoms with Crippen LogP contribution in [0.4, 0.5) is 0 Å². The van der Waals surface area contributed by atoms with Gasteiger partial charge in [-0.25, -0.2) is 0 Å². The lowest BCUT2D eigenvalue weighted by Crippen LogP contribution is -2.44. The molecule has 3 N–H and O–H groups in total. The fourth-order valence-corrected chi connectivity index (χ4v) is 3.78. The molecule has 2 fully saturated rings. The molecule has 2 aliphatic carbocycles. The summed E-state index contributed by atoms with van der Waals surface area (Å²) in [6.07, 6.45) is 12.6. The Hall–Kier alpha value is -1.26. The van der Waals surface area contributed by atoms with E-state index >= 15 is 0 Å². The highest BCUT2D eigenvalue weighted by atomic mass is 16.4. The molecular formula is C16H29N3O2. The highest BCUT2D eigenvalue weighted by molar-refractivity contribution is 5.87. The lowest BCUT2D eigenvalue weighted by molar-refractivity contribution is -0.133. The van der Waals surface area contributed by atoms with E-state index in [1.165, 1.54) is 51.4 Å². The van der Waals surface area contributed by atoms with Crippen LogP contribution < -0.4 is 5.73 Å². The summed E-state index contributed by atoms with van der Waals surface area (Å²) in [7, 11) is 0. The Kier molecular flexibility index (Phi) is 6.33. The van der Waals surface area contributed by atoms with Crippen LogP contribution in [-0.4, -0.2) is 34.4 Å². The minimum absolute atomic E-state index is 0.135. The summed E-state index contributed by atoms with van der Waals surface area (Å²) in [6, 6.07) is 0.281. The molecule has 21 heavy (non-hydrogen) atoms. The van der Waals surface area contributed by atoms with Gasteiger partial charge < -0.3 is 15.8 Å². The van der Waals surface area contributed by atoms with E-state index in [9.17, 15) is 4.79 Å². The van der Waals surface area contributed by atoms with E-state index in [2.05, 4.69) is 5.16 Å². The van der Waals surface area contributed by atoms with E-state index in [1.54, 1.807) is 0 Å². The van der Waals surface area contributed by atoms with Crippen molar-refractivity contribution in [3.63, 3.8) is 0 Å². The number of amides is 1. The van der Waals surface area contributed by atoms with Crippen molar-refractivity contribution in [3.8, 4) is 0 Å². The number of carbonyl (C=O) groups is 1. The van der Waals surface area contributed by atoms with E-state index in [-0.39, 0.29) is 24.3 Å². The highest BCUT2D eigenvalue weighted by Crippen LogP contribution is 2.28. The molecule has 0 saturated heterocycles. The normalized spacial score (nSPS) is 22.2. The monoisotopic (exact) mass is 295 g/mol. The molecule has 0 bridgehead atoms. The average molecular weight is 295 g/mol. The van der Waals surface area contributed by atoms with Gasteiger partial charge >= 0.3 is 0 Å². The van der Waals surface area contributed by atoms with Crippen molar-refractivity contribution in [1.29, 1.82) is 0 Å². The van der Waals surface area contributed by atoms with E-state index < -0.39 is 0 Å². The maximum absolute atomic E-state index is 12.7. The molecule has 0 radical (unpaired) electrons. The Balaban J connectivity index is 1.95. The summed E-state index contributed by atoms with van der Waals surface area (Å²) in [5.74, 6) is 0.854. The number of hydrogen-bond donors (Lipinski definition) is 2. The maximum Gasteiger partial charge on any atom is 0.223 e. The molecule has 0 aromatic rings. The number of nitrogens with two attached hydrogens (primary N) is 1. The summed E-state index contributed by atoms with van der Waals surface area (Å²) in [4.78, 5) is 14.6. The largest absolute Gasteiger partial charge is 0.409 e. The van der Waals surface area contributed by atoms with Gasteiger partial charge in [-0.15, -0.1) is 0 Å². The standard InChI is InChI=1S/C16H29N3O2/c17-15(18-21)12-19(14-9-5-6-10-14)16(20)11-13-7-3-1-2-4-8-13/h13-14,21H,1-12H2,(H2,17,18). The van der Waals surface area contributed by atoms with Gasteiger partial charge in [0.05, 0.1) is 6.54 Å². The topological polar surface area (TPSA) is 78.9 Å². The van der Waals surface area contributed by atoms with Crippen molar-refractivity contribution in [2.24, 2.45) is 16.8 Å². The van der Waals surface area contributed by atoms with Gasteiger partial charge in [0, 0.05) is 12.5 Å². The Labute approximate surface area is 127 Å². The average Bonchev–Trinajstić information content (AvgIpc) is 2.89. The first-order valence-electron chi connectivity index (χ1n) is 8.46. The van der Waals surface area contributed by atoms with E-state index in [4.69, 9.17) is 10.9 Å². The van der Waals surface area contributed by atoms with Crippen LogP contribution in [0.5, 0.6) is 0 Å². The van der Waals surface area contributed by atoms with Crippen molar-refractivity contribution in [1.82, 2.24) is 4.90 Å². The van der Waals surface area contributed by atoms with Crippen LogP contribution in [0.15, 0.2) is 5.16 Å². The van der Waals surface area contributed by atoms with E-state index in [0.29, 0.717) is 12.3 Å². The molecule has 2 aliphatic rings. The summed E-state index contributed by atoms with van der Waals surface area (Å²) in [5, 5.41) is 11.8. The molecule has 2 rings (SSSR count). The highest BCUT2D eigenvalue weighted by Gasteiger charge is 2.29. The summed E-state index contributed by atoms with van der Waals surface area (Å²) < 4.78 is 0. The zero-order valence-corrected chi connectivity index (χ0v) is 13.0. The number of oxime groups is 1. The van der Waals surface area contributed by atoms with E-state index in [0.717, 1.165) is 12.8 Å². The van der Waals surface area contributed by atoms with Gasteiger partial charge in [0.2, 0.25) is 5.91 Å².